The van der Waals surface area contributed by atoms with E-state index in [9.17, 15) is 28.3 Å². The normalized spacial score (nSPS) is 29.1. The molecule has 0 radical (unpaired) electrons. The van der Waals surface area contributed by atoms with E-state index in [2.05, 4.69) is 11.6 Å². The molecule has 2 aliphatic rings. The first-order chi connectivity index (χ1) is 13.3. The zero-order valence-electron chi connectivity index (χ0n) is 15.9. The lowest BCUT2D eigenvalue weighted by molar-refractivity contribution is -0.145. The van der Waals surface area contributed by atoms with Crippen molar-refractivity contribution in [2.75, 3.05) is 11.4 Å². The number of rotatable bonds is 7. The van der Waals surface area contributed by atoms with E-state index >= 15 is 0 Å². The third kappa shape index (κ3) is 3.41. The lowest BCUT2D eigenvalue weighted by atomic mass is 9.82. The topological polar surface area (TPSA) is 113 Å². The molecule has 0 aromatic heterocycles. The zero-order chi connectivity index (χ0) is 21.8. The minimum Gasteiger partial charge on any atom is -0.480 e. The molecule has 1 aromatic rings. The van der Waals surface area contributed by atoms with E-state index in [1.54, 1.807) is 36.5 Å². The summed E-state index contributed by atoms with van der Waals surface area (Å²) >= 11 is 4.68. The van der Waals surface area contributed by atoms with Crippen molar-refractivity contribution >= 4 is 35.1 Å². The van der Waals surface area contributed by atoms with Crippen molar-refractivity contribution in [1.82, 2.24) is 5.32 Å². The van der Waals surface area contributed by atoms with Gasteiger partial charge in [0.1, 0.15) is 11.6 Å². The molecular weight excluding hydrogens is 408 g/mol. The molecule has 4 atom stereocenters. The maximum absolute atomic E-state index is 13.0. The number of carbonyl (C=O) groups excluding carboxylic acids is 2. The highest BCUT2D eigenvalue weighted by Gasteiger charge is 2.71. The number of hydrogen-bond acceptors (Lipinski definition) is 4. The smallest absolute Gasteiger partial charge is 0.399 e. The Kier molecular flexibility index (Phi) is 5.01. The van der Waals surface area contributed by atoms with Crippen LogP contribution in [-0.4, -0.2) is 46.4 Å². The molecule has 1 saturated carbocycles. The average Bonchev–Trinajstić information content (AvgIpc) is 3.23. The fraction of sp³-hybridized carbons (Fsp3) is 0.526. The van der Waals surface area contributed by atoms with Crippen molar-refractivity contribution in [2.24, 2.45) is 17.1 Å². The Labute approximate surface area is 171 Å². The van der Waals surface area contributed by atoms with E-state index in [1.165, 1.54) is 0 Å². The van der Waals surface area contributed by atoms with Crippen LogP contribution < -0.4 is 16.0 Å². The number of primary amides is 1. The molecule has 0 spiro atoms. The number of piperidine rings is 1. The van der Waals surface area contributed by atoms with Gasteiger partial charge in [-0.1, -0.05) is 25.1 Å². The monoisotopic (exact) mass is 429 g/mol. The quantitative estimate of drug-likeness (QED) is 0.571. The second-order valence-electron chi connectivity index (χ2n) is 8.06. The Morgan fingerprint density at radius 3 is 2.55 bits per heavy atom. The number of nitrogens with one attached hydrogen (secondary N) is 1. The first-order valence-electron chi connectivity index (χ1n) is 9.08. The standard InChI is InChI=1S/C19H22ClF2N3O4/c1-17-8-11(17)9-25(18(17,2)15(23)28)13-6-4-3-5-10(13)7-12(14(26)27)24-16(29)19(20,21)22/h3-6,11-12H,7-9H2,1-2H3,(H2,23,28)(H,24,29)(H,26,27). The summed E-state index contributed by atoms with van der Waals surface area (Å²) in [6.07, 6.45) is 0.598. The van der Waals surface area contributed by atoms with E-state index < -0.39 is 34.7 Å². The van der Waals surface area contributed by atoms with Gasteiger partial charge in [-0.2, -0.15) is 8.78 Å². The lowest BCUT2D eigenvalue weighted by Gasteiger charge is -2.41. The van der Waals surface area contributed by atoms with Crippen LogP contribution in [0.1, 0.15) is 25.8 Å². The predicted molar refractivity (Wildman–Crippen MR) is 102 cm³/mol. The van der Waals surface area contributed by atoms with Gasteiger partial charge in [-0.05, 0) is 42.5 Å². The highest BCUT2D eigenvalue weighted by Crippen LogP contribution is 2.67. The second kappa shape index (κ2) is 6.83. The molecule has 158 valence electrons. The number of aliphatic carboxylic acids is 1. The van der Waals surface area contributed by atoms with E-state index in [0.717, 1.165) is 6.42 Å². The van der Waals surface area contributed by atoms with Crippen LogP contribution in [-0.2, 0) is 20.8 Å². The number of anilines is 1. The second-order valence-corrected chi connectivity index (χ2v) is 8.54. The first kappa shape index (κ1) is 21.3. The van der Waals surface area contributed by atoms with Gasteiger partial charge >= 0.3 is 17.3 Å². The number of nitrogens with zero attached hydrogens (tertiary/aromatic N) is 1. The van der Waals surface area contributed by atoms with Crippen LogP contribution in [0.4, 0.5) is 14.5 Å². The maximum atomic E-state index is 13.0. The molecule has 1 aliphatic carbocycles. The number of para-hydroxylation sites is 1. The summed E-state index contributed by atoms with van der Waals surface area (Å²) in [5, 5.41) is 6.94. The van der Waals surface area contributed by atoms with Gasteiger partial charge in [-0.25, -0.2) is 4.79 Å². The van der Waals surface area contributed by atoms with E-state index in [1.807, 2.05) is 11.8 Å². The number of hydrogen-bond donors (Lipinski definition) is 3. The minimum atomic E-state index is -4.22. The molecular formula is C19H22ClF2N3O4. The summed E-state index contributed by atoms with van der Waals surface area (Å²) in [7, 11) is 0. The lowest BCUT2D eigenvalue weighted by Crippen LogP contribution is -2.58. The predicted octanol–water partition coefficient (Wildman–Crippen LogP) is 1.72. The fourth-order valence-corrected chi connectivity index (χ4v) is 4.44. The number of carbonyl (C=O) groups is 3. The number of carboxylic acid groups (broad SMARTS) is 1. The molecule has 29 heavy (non-hydrogen) atoms. The van der Waals surface area contributed by atoms with Crippen molar-refractivity contribution in [3.05, 3.63) is 29.8 Å². The zero-order valence-corrected chi connectivity index (χ0v) is 16.7. The van der Waals surface area contributed by atoms with Crippen LogP contribution in [0.25, 0.3) is 0 Å². The molecule has 2 fully saturated rings. The van der Waals surface area contributed by atoms with Crippen LogP contribution in [0.2, 0.25) is 0 Å². The first-order valence-corrected chi connectivity index (χ1v) is 9.46. The summed E-state index contributed by atoms with van der Waals surface area (Å²) in [6, 6.07) is 5.12. The number of benzene rings is 1. The van der Waals surface area contributed by atoms with E-state index in [0.29, 0.717) is 17.8 Å². The molecule has 3 rings (SSSR count). The maximum Gasteiger partial charge on any atom is 0.399 e. The number of nitrogens with two attached hydrogens (primary N) is 1. The Morgan fingerprint density at radius 2 is 2.00 bits per heavy atom. The minimum absolute atomic E-state index is 0.267. The van der Waals surface area contributed by atoms with Crippen LogP contribution >= 0.6 is 11.6 Å². The molecule has 2 amide bonds. The molecule has 1 aliphatic heterocycles. The number of fused-ring (bicyclic) bond motifs is 1. The van der Waals surface area contributed by atoms with Gasteiger partial charge in [0.25, 0.3) is 0 Å². The number of halogens is 3. The molecule has 4 N–H and O–H groups in total. The largest absolute Gasteiger partial charge is 0.480 e. The van der Waals surface area contributed by atoms with Crippen LogP contribution in [0.3, 0.4) is 0 Å². The number of alkyl halides is 3. The molecule has 0 bridgehead atoms. The van der Waals surface area contributed by atoms with Gasteiger partial charge in [0.15, 0.2) is 0 Å². The van der Waals surface area contributed by atoms with Crippen molar-refractivity contribution in [3.63, 3.8) is 0 Å². The summed E-state index contributed by atoms with van der Waals surface area (Å²) in [5.74, 6) is -3.58. The summed E-state index contributed by atoms with van der Waals surface area (Å²) < 4.78 is 26.0. The Bertz CT molecular complexity index is 877. The molecule has 1 heterocycles. The van der Waals surface area contributed by atoms with Gasteiger partial charge in [0.05, 0.1) is 0 Å². The third-order valence-corrected chi connectivity index (χ3v) is 6.69. The van der Waals surface area contributed by atoms with Gasteiger partial charge < -0.3 is 21.1 Å². The summed E-state index contributed by atoms with van der Waals surface area (Å²) in [6.45, 7) is 4.33. The van der Waals surface area contributed by atoms with Gasteiger partial charge in [-0.3, -0.25) is 9.59 Å². The van der Waals surface area contributed by atoms with Gasteiger partial charge in [-0.15, -0.1) is 0 Å². The highest BCUT2D eigenvalue weighted by atomic mass is 35.5. The van der Waals surface area contributed by atoms with Crippen LogP contribution in [0, 0.1) is 11.3 Å². The Balaban J connectivity index is 1.92. The Hall–Kier alpha value is -2.42. The third-order valence-electron chi connectivity index (χ3n) is 6.51. The number of carboxylic acids is 1. The molecule has 1 saturated heterocycles. The number of amides is 2. The summed E-state index contributed by atoms with van der Waals surface area (Å²) in [5.41, 5.74) is 5.55. The van der Waals surface area contributed by atoms with Crippen LogP contribution in [0.15, 0.2) is 24.3 Å². The molecule has 10 heteroatoms. The van der Waals surface area contributed by atoms with Crippen molar-refractivity contribution < 1.29 is 28.3 Å². The fourth-order valence-electron chi connectivity index (χ4n) is 4.39. The van der Waals surface area contributed by atoms with E-state index in [4.69, 9.17) is 5.73 Å². The highest BCUT2D eigenvalue weighted by molar-refractivity contribution is 6.32. The molecule has 1 aromatic carbocycles. The molecule has 7 nitrogen and oxygen atoms in total. The molecule has 4 unspecified atom stereocenters. The van der Waals surface area contributed by atoms with E-state index in [-0.39, 0.29) is 17.8 Å². The van der Waals surface area contributed by atoms with Crippen molar-refractivity contribution in [2.45, 2.75) is 43.7 Å². The van der Waals surface area contributed by atoms with Gasteiger partial charge in [0, 0.05) is 24.1 Å². The average molecular weight is 430 g/mol. The Morgan fingerprint density at radius 1 is 1.38 bits per heavy atom. The van der Waals surface area contributed by atoms with Crippen molar-refractivity contribution in [1.29, 1.82) is 0 Å². The van der Waals surface area contributed by atoms with Crippen molar-refractivity contribution in [3.8, 4) is 0 Å². The van der Waals surface area contributed by atoms with Gasteiger partial charge in [0.2, 0.25) is 5.91 Å². The SMILES string of the molecule is CC12CC1CN(c1ccccc1CC(NC(=O)C(F)(F)Cl)C(=O)O)C2(C)C(N)=O. The van der Waals surface area contributed by atoms with Crippen LogP contribution in [0.5, 0.6) is 0 Å². The summed E-state index contributed by atoms with van der Waals surface area (Å²) in [4.78, 5) is 37.3.